The second-order valence-electron chi connectivity index (χ2n) is 8.06. The van der Waals surface area contributed by atoms with Crippen molar-refractivity contribution >= 4 is 27.5 Å². The number of nitrogens with zero attached hydrogens (tertiary/aromatic N) is 2. The molecule has 0 aliphatic heterocycles. The summed E-state index contributed by atoms with van der Waals surface area (Å²) in [6.07, 6.45) is 8.35. The van der Waals surface area contributed by atoms with E-state index in [2.05, 4.69) is 36.3 Å². The zero-order valence-corrected chi connectivity index (χ0v) is 17.8. The third-order valence-corrected chi connectivity index (χ3v) is 6.80. The van der Waals surface area contributed by atoms with Gasteiger partial charge in [-0.1, -0.05) is 43.9 Å². The molecule has 1 aromatic carbocycles. The molecule has 152 valence electrons. The molecule has 5 nitrogen and oxygen atoms in total. The maximum Gasteiger partial charge on any atom is 0.263 e. The number of nitrogens with one attached hydrogen (secondary N) is 1. The molecular formula is C23H27N3O2S. The van der Waals surface area contributed by atoms with Gasteiger partial charge in [-0.3, -0.25) is 14.2 Å². The Balaban J connectivity index is 1.61. The first-order chi connectivity index (χ1) is 14.0. The molecule has 1 amide bonds. The Morgan fingerprint density at radius 1 is 1.17 bits per heavy atom. The van der Waals surface area contributed by atoms with E-state index < -0.39 is 0 Å². The lowest BCUT2D eigenvalue weighted by Crippen LogP contribution is -2.38. The SMILES string of the molecule is Cc1ccc(-c2csc3ncn(CC(=O)NC4CCCCCC4)c(=O)c23)cc1C. The molecule has 1 fully saturated rings. The van der Waals surface area contributed by atoms with Crippen LogP contribution in [-0.2, 0) is 11.3 Å². The Morgan fingerprint density at radius 2 is 1.93 bits per heavy atom. The highest BCUT2D eigenvalue weighted by Gasteiger charge is 2.18. The predicted octanol–water partition coefficient (Wildman–Crippen LogP) is 4.58. The van der Waals surface area contributed by atoms with E-state index in [1.165, 1.54) is 46.2 Å². The van der Waals surface area contributed by atoms with Crippen molar-refractivity contribution < 1.29 is 4.79 Å². The van der Waals surface area contributed by atoms with E-state index in [0.717, 1.165) is 36.8 Å². The van der Waals surface area contributed by atoms with Crippen molar-refractivity contribution in [3.05, 3.63) is 51.4 Å². The Hall–Kier alpha value is -2.47. The first-order valence-corrected chi connectivity index (χ1v) is 11.2. The maximum absolute atomic E-state index is 13.2. The van der Waals surface area contributed by atoms with Gasteiger partial charge in [-0.25, -0.2) is 4.98 Å². The van der Waals surface area contributed by atoms with Crippen LogP contribution in [0, 0.1) is 13.8 Å². The lowest BCUT2D eigenvalue weighted by molar-refractivity contribution is -0.122. The number of fused-ring (bicyclic) bond motifs is 1. The van der Waals surface area contributed by atoms with E-state index in [4.69, 9.17) is 0 Å². The first kappa shape index (κ1) is 19.8. The number of hydrogen-bond donors (Lipinski definition) is 1. The summed E-state index contributed by atoms with van der Waals surface area (Å²) >= 11 is 1.47. The quantitative estimate of drug-likeness (QED) is 0.642. The molecule has 0 atom stereocenters. The molecule has 1 N–H and O–H groups in total. The average Bonchev–Trinajstić information content (AvgIpc) is 2.97. The summed E-state index contributed by atoms with van der Waals surface area (Å²) < 4.78 is 1.44. The minimum Gasteiger partial charge on any atom is -0.352 e. The van der Waals surface area contributed by atoms with Crippen LogP contribution in [0.1, 0.15) is 49.7 Å². The highest BCUT2D eigenvalue weighted by Crippen LogP contribution is 2.31. The summed E-state index contributed by atoms with van der Waals surface area (Å²) in [6, 6.07) is 6.44. The van der Waals surface area contributed by atoms with Crippen molar-refractivity contribution in [2.24, 2.45) is 0 Å². The van der Waals surface area contributed by atoms with E-state index in [1.807, 2.05) is 11.4 Å². The van der Waals surface area contributed by atoms with Gasteiger partial charge < -0.3 is 5.32 Å². The molecule has 0 unspecified atom stereocenters. The zero-order chi connectivity index (χ0) is 20.4. The number of hydrogen-bond acceptors (Lipinski definition) is 4. The Bertz CT molecular complexity index is 1090. The molecule has 0 spiro atoms. The van der Waals surface area contributed by atoms with Crippen LogP contribution in [0.3, 0.4) is 0 Å². The van der Waals surface area contributed by atoms with Crippen LogP contribution >= 0.6 is 11.3 Å². The molecule has 4 rings (SSSR count). The molecule has 6 heteroatoms. The van der Waals surface area contributed by atoms with Gasteiger partial charge in [0, 0.05) is 17.0 Å². The number of aromatic nitrogens is 2. The normalized spacial score (nSPS) is 15.4. The van der Waals surface area contributed by atoms with Crippen LogP contribution in [0.5, 0.6) is 0 Å². The molecule has 1 aliphatic carbocycles. The number of carbonyl (C=O) groups is 1. The van der Waals surface area contributed by atoms with E-state index >= 15 is 0 Å². The Kier molecular flexibility index (Phi) is 5.81. The Labute approximate surface area is 174 Å². The third kappa shape index (κ3) is 4.27. The van der Waals surface area contributed by atoms with Gasteiger partial charge in [-0.15, -0.1) is 11.3 Å². The average molecular weight is 410 g/mol. The van der Waals surface area contributed by atoms with Gasteiger partial charge in [0.05, 0.1) is 11.7 Å². The molecule has 2 heterocycles. The smallest absolute Gasteiger partial charge is 0.263 e. The number of benzene rings is 1. The van der Waals surface area contributed by atoms with E-state index in [9.17, 15) is 9.59 Å². The summed E-state index contributed by atoms with van der Waals surface area (Å²) in [5, 5.41) is 5.70. The highest BCUT2D eigenvalue weighted by atomic mass is 32.1. The summed E-state index contributed by atoms with van der Waals surface area (Å²) in [7, 11) is 0. The molecule has 0 saturated heterocycles. The molecule has 2 aromatic heterocycles. The van der Waals surface area contributed by atoms with E-state index in [-0.39, 0.29) is 24.1 Å². The topological polar surface area (TPSA) is 64.0 Å². The van der Waals surface area contributed by atoms with Gasteiger partial charge in [0.1, 0.15) is 11.4 Å². The standard InChI is InChI=1S/C23H27N3O2S/c1-15-9-10-17(11-16(15)2)19-13-29-22-21(19)23(28)26(14-24-22)12-20(27)25-18-7-5-3-4-6-8-18/h9-11,13-14,18H,3-8,12H2,1-2H3,(H,25,27). The monoisotopic (exact) mass is 409 g/mol. The number of aryl methyl sites for hydroxylation is 2. The number of thiophene rings is 1. The van der Waals surface area contributed by atoms with Crippen molar-refractivity contribution in [2.45, 2.75) is 65.0 Å². The molecule has 1 aliphatic rings. The second-order valence-corrected chi connectivity index (χ2v) is 8.92. The van der Waals surface area contributed by atoms with Crippen LogP contribution in [0.2, 0.25) is 0 Å². The van der Waals surface area contributed by atoms with Gasteiger partial charge >= 0.3 is 0 Å². The second kappa shape index (κ2) is 8.49. The van der Waals surface area contributed by atoms with Gasteiger partial charge in [0.25, 0.3) is 5.56 Å². The van der Waals surface area contributed by atoms with Gasteiger partial charge in [-0.05, 0) is 43.4 Å². The molecule has 1 saturated carbocycles. The van der Waals surface area contributed by atoms with Crippen LogP contribution in [0.25, 0.3) is 21.3 Å². The summed E-state index contributed by atoms with van der Waals surface area (Å²) in [5.74, 6) is -0.108. The Morgan fingerprint density at radius 3 is 2.66 bits per heavy atom. The fraction of sp³-hybridized carbons (Fsp3) is 0.435. The van der Waals surface area contributed by atoms with Crippen molar-refractivity contribution in [1.82, 2.24) is 14.9 Å². The maximum atomic E-state index is 13.2. The summed E-state index contributed by atoms with van der Waals surface area (Å²) in [5.41, 5.74) is 4.16. The molecule has 3 aromatic rings. The number of amides is 1. The van der Waals surface area contributed by atoms with Gasteiger partial charge in [0.15, 0.2) is 0 Å². The lowest BCUT2D eigenvalue weighted by Gasteiger charge is -2.16. The predicted molar refractivity (Wildman–Crippen MR) is 118 cm³/mol. The molecule has 29 heavy (non-hydrogen) atoms. The van der Waals surface area contributed by atoms with Crippen LogP contribution in [-0.4, -0.2) is 21.5 Å². The van der Waals surface area contributed by atoms with Gasteiger partial charge in [0.2, 0.25) is 5.91 Å². The van der Waals surface area contributed by atoms with Crippen LogP contribution in [0.15, 0.2) is 34.7 Å². The first-order valence-electron chi connectivity index (χ1n) is 10.4. The third-order valence-electron chi connectivity index (χ3n) is 5.91. The fourth-order valence-electron chi connectivity index (χ4n) is 4.05. The fourth-order valence-corrected chi connectivity index (χ4v) is 4.96. The number of carbonyl (C=O) groups excluding carboxylic acids is 1. The zero-order valence-electron chi connectivity index (χ0n) is 17.0. The van der Waals surface area contributed by atoms with Crippen molar-refractivity contribution in [1.29, 1.82) is 0 Å². The molecule has 0 bridgehead atoms. The highest BCUT2D eigenvalue weighted by molar-refractivity contribution is 7.17. The van der Waals surface area contributed by atoms with Crippen molar-refractivity contribution in [3.8, 4) is 11.1 Å². The summed E-state index contributed by atoms with van der Waals surface area (Å²) in [4.78, 5) is 30.9. The van der Waals surface area contributed by atoms with Gasteiger partial charge in [-0.2, -0.15) is 0 Å². The van der Waals surface area contributed by atoms with E-state index in [1.54, 1.807) is 0 Å². The minimum absolute atomic E-state index is 0.0144. The minimum atomic E-state index is -0.152. The summed E-state index contributed by atoms with van der Waals surface area (Å²) in [6.45, 7) is 4.16. The van der Waals surface area contributed by atoms with Crippen LogP contribution < -0.4 is 10.9 Å². The molecule has 0 radical (unpaired) electrons. The largest absolute Gasteiger partial charge is 0.352 e. The molecular weight excluding hydrogens is 382 g/mol. The van der Waals surface area contributed by atoms with E-state index in [0.29, 0.717) is 10.2 Å². The van der Waals surface area contributed by atoms with Crippen LogP contribution in [0.4, 0.5) is 0 Å². The van der Waals surface area contributed by atoms with Crippen molar-refractivity contribution in [3.63, 3.8) is 0 Å². The lowest BCUT2D eigenvalue weighted by atomic mass is 10.0. The van der Waals surface area contributed by atoms with Crippen molar-refractivity contribution in [2.75, 3.05) is 0 Å². The number of rotatable bonds is 4.